The van der Waals surface area contributed by atoms with Crippen molar-refractivity contribution in [2.24, 2.45) is 0 Å². The van der Waals surface area contributed by atoms with E-state index in [2.05, 4.69) is 15.2 Å². The van der Waals surface area contributed by atoms with Crippen LogP contribution in [0.15, 0.2) is 53.1 Å². The highest BCUT2D eigenvalue weighted by atomic mass is 16.6. The number of hydrogen-bond acceptors (Lipinski definition) is 6. The molecule has 0 unspecified atom stereocenters. The van der Waals surface area contributed by atoms with Crippen molar-refractivity contribution in [1.82, 2.24) is 20.1 Å². The van der Waals surface area contributed by atoms with Crippen LogP contribution in [0.3, 0.4) is 0 Å². The van der Waals surface area contributed by atoms with Crippen LogP contribution < -0.4 is 4.74 Å². The van der Waals surface area contributed by atoms with E-state index in [1.807, 2.05) is 43.3 Å². The van der Waals surface area contributed by atoms with Crippen LogP contribution in [0.4, 0.5) is 4.79 Å². The Labute approximate surface area is 157 Å². The first-order valence-corrected chi connectivity index (χ1v) is 8.97. The fourth-order valence-corrected chi connectivity index (χ4v) is 3.09. The number of aryl methyl sites for hydroxylation is 1. The number of aromatic nitrogens is 3. The Morgan fingerprint density at radius 2 is 1.89 bits per heavy atom. The van der Waals surface area contributed by atoms with Gasteiger partial charge < -0.3 is 14.1 Å². The maximum atomic E-state index is 12.3. The van der Waals surface area contributed by atoms with Gasteiger partial charge in [0.15, 0.2) is 5.75 Å². The Kier molecular flexibility index (Phi) is 4.82. The summed E-state index contributed by atoms with van der Waals surface area (Å²) in [5.74, 6) is 1.76. The molecule has 4 rings (SSSR count). The first-order chi connectivity index (χ1) is 13.2. The third-order valence-electron chi connectivity index (χ3n) is 4.65. The zero-order valence-electron chi connectivity index (χ0n) is 15.0. The van der Waals surface area contributed by atoms with Crippen LogP contribution in [0, 0.1) is 6.92 Å². The summed E-state index contributed by atoms with van der Waals surface area (Å²) in [6, 6.07) is 13.3. The molecule has 1 aromatic carbocycles. The van der Waals surface area contributed by atoms with Crippen LogP contribution in [0.2, 0.25) is 0 Å². The van der Waals surface area contributed by atoms with E-state index in [1.54, 1.807) is 17.2 Å². The van der Waals surface area contributed by atoms with Crippen molar-refractivity contribution in [2.75, 3.05) is 13.1 Å². The summed E-state index contributed by atoms with van der Waals surface area (Å²) < 4.78 is 11.2. The van der Waals surface area contributed by atoms with Crippen LogP contribution in [0.1, 0.15) is 30.3 Å². The average molecular weight is 364 g/mol. The normalized spacial score (nSPS) is 14.9. The van der Waals surface area contributed by atoms with Crippen molar-refractivity contribution in [3.05, 3.63) is 60.2 Å². The minimum atomic E-state index is -0.352. The molecule has 1 aliphatic rings. The van der Waals surface area contributed by atoms with Gasteiger partial charge in [-0.15, -0.1) is 10.2 Å². The summed E-state index contributed by atoms with van der Waals surface area (Å²) in [4.78, 5) is 18.1. The highest BCUT2D eigenvalue weighted by Gasteiger charge is 2.28. The maximum Gasteiger partial charge on any atom is 0.415 e. The number of pyridine rings is 1. The third kappa shape index (κ3) is 3.97. The summed E-state index contributed by atoms with van der Waals surface area (Å²) in [6.45, 7) is 3.06. The molecule has 1 saturated heterocycles. The first kappa shape index (κ1) is 17.2. The lowest BCUT2D eigenvalue weighted by molar-refractivity contribution is 0.136. The van der Waals surface area contributed by atoms with E-state index in [1.165, 1.54) is 0 Å². The van der Waals surface area contributed by atoms with Gasteiger partial charge in [-0.3, -0.25) is 4.98 Å². The Hall–Kier alpha value is -3.22. The topological polar surface area (TPSA) is 81.4 Å². The summed E-state index contributed by atoms with van der Waals surface area (Å²) in [5, 5.41) is 8.35. The quantitative estimate of drug-likeness (QED) is 0.703. The second-order valence-electron chi connectivity index (χ2n) is 6.58. The molecule has 27 heavy (non-hydrogen) atoms. The van der Waals surface area contributed by atoms with Gasteiger partial charge in [-0.05, 0) is 44.0 Å². The number of benzene rings is 1. The van der Waals surface area contributed by atoms with E-state index in [9.17, 15) is 4.79 Å². The predicted octanol–water partition coefficient (Wildman–Crippen LogP) is 3.82. The van der Waals surface area contributed by atoms with Crippen molar-refractivity contribution in [1.29, 1.82) is 0 Å². The SMILES string of the molecule is Cc1ccc(OC(=O)N2CCC(c3nnc(-c4ccccc4)o3)CC2)cn1. The van der Waals surface area contributed by atoms with E-state index in [0.29, 0.717) is 30.6 Å². The summed E-state index contributed by atoms with van der Waals surface area (Å²) in [7, 11) is 0. The molecular weight excluding hydrogens is 344 g/mol. The van der Waals surface area contributed by atoms with Crippen LogP contribution in [-0.4, -0.2) is 39.3 Å². The van der Waals surface area contributed by atoms with Crippen LogP contribution in [0.25, 0.3) is 11.5 Å². The van der Waals surface area contributed by atoms with Crippen molar-refractivity contribution in [3.8, 4) is 17.2 Å². The number of carbonyl (C=O) groups is 1. The highest BCUT2D eigenvalue weighted by Crippen LogP contribution is 2.29. The number of amides is 1. The molecule has 138 valence electrons. The van der Waals surface area contributed by atoms with Gasteiger partial charge in [0.2, 0.25) is 11.8 Å². The van der Waals surface area contributed by atoms with Gasteiger partial charge in [0.25, 0.3) is 0 Å². The second-order valence-corrected chi connectivity index (χ2v) is 6.58. The molecule has 2 aromatic heterocycles. The zero-order valence-corrected chi connectivity index (χ0v) is 15.0. The molecule has 0 aliphatic carbocycles. The summed E-state index contributed by atoms with van der Waals surface area (Å²) in [5.41, 5.74) is 1.79. The van der Waals surface area contributed by atoms with Gasteiger partial charge in [0.1, 0.15) is 0 Å². The molecule has 0 N–H and O–H groups in total. The van der Waals surface area contributed by atoms with Gasteiger partial charge in [0.05, 0.1) is 6.20 Å². The van der Waals surface area contributed by atoms with Crippen molar-refractivity contribution < 1.29 is 13.9 Å². The second kappa shape index (κ2) is 7.57. The highest BCUT2D eigenvalue weighted by molar-refractivity contribution is 5.70. The van der Waals surface area contributed by atoms with Gasteiger partial charge >= 0.3 is 6.09 Å². The molecule has 7 heteroatoms. The van der Waals surface area contributed by atoms with Crippen molar-refractivity contribution >= 4 is 6.09 Å². The smallest absolute Gasteiger partial charge is 0.415 e. The average Bonchev–Trinajstić information content (AvgIpc) is 3.21. The van der Waals surface area contributed by atoms with Gasteiger partial charge in [-0.1, -0.05) is 18.2 Å². The van der Waals surface area contributed by atoms with Crippen LogP contribution >= 0.6 is 0 Å². The fraction of sp³-hybridized carbons (Fsp3) is 0.300. The molecular formula is C20H20N4O3. The lowest BCUT2D eigenvalue weighted by atomic mass is 9.97. The lowest BCUT2D eigenvalue weighted by Crippen LogP contribution is -2.39. The van der Waals surface area contributed by atoms with Crippen LogP contribution in [0.5, 0.6) is 5.75 Å². The predicted molar refractivity (Wildman–Crippen MR) is 98.3 cm³/mol. The minimum absolute atomic E-state index is 0.153. The van der Waals surface area contributed by atoms with Crippen molar-refractivity contribution in [2.45, 2.75) is 25.7 Å². The molecule has 0 spiro atoms. The Bertz CT molecular complexity index is 900. The number of hydrogen-bond donors (Lipinski definition) is 0. The lowest BCUT2D eigenvalue weighted by Gasteiger charge is -2.29. The molecule has 0 atom stereocenters. The number of carbonyl (C=O) groups excluding carboxylic acids is 1. The van der Waals surface area contributed by atoms with E-state index in [4.69, 9.17) is 9.15 Å². The molecule has 7 nitrogen and oxygen atoms in total. The Morgan fingerprint density at radius 1 is 1.11 bits per heavy atom. The Morgan fingerprint density at radius 3 is 2.59 bits per heavy atom. The maximum absolute atomic E-state index is 12.3. The molecule has 3 aromatic rings. The van der Waals surface area contributed by atoms with E-state index < -0.39 is 0 Å². The standard InChI is InChI=1S/C20H20N4O3/c1-14-7-8-17(13-21-14)26-20(25)24-11-9-16(10-12-24)19-23-22-18(27-19)15-5-3-2-4-6-15/h2-8,13,16H,9-12H2,1H3. The molecule has 1 fully saturated rings. The molecule has 1 amide bonds. The van der Waals surface area contributed by atoms with Gasteiger partial charge in [0, 0.05) is 30.3 Å². The van der Waals surface area contributed by atoms with Crippen LogP contribution in [-0.2, 0) is 0 Å². The minimum Gasteiger partial charge on any atom is -0.420 e. The van der Waals surface area contributed by atoms with Crippen molar-refractivity contribution in [3.63, 3.8) is 0 Å². The summed E-state index contributed by atoms with van der Waals surface area (Å²) in [6.07, 6.45) is 2.73. The third-order valence-corrected chi connectivity index (χ3v) is 4.65. The molecule has 3 heterocycles. The zero-order chi connectivity index (χ0) is 18.6. The summed E-state index contributed by atoms with van der Waals surface area (Å²) >= 11 is 0. The Balaban J connectivity index is 1.34. The molecule has 0 bridgehead atoms. The molecule has 0 saturated carbocycles. The number of nitrogens with zero attached hydrogens (tertiary/aromatic N) is 4. The largest absolute Gasteiger partial charge is 0.420 e. The fourth-order valence-electron chi connectivity index (χ4n) is 3.09. The number of ether oxygens (including phenoxy) is 1. The van der Waals surface area contributed by atoms with E-state index in [-0.39, 0.29) is 12.0 Å². The number of rotatable bonds is 3. The van der Waals surface area contributed by atoms with Gasteiger partial charge in [-0.2, -0.15) is 0 Å². The molecule has 1 aliphatic heterocycles. The first-order valence-electron chi connectivity index (χ1n) is 8.97. The van der Waals surface area contributed by atoms with E-state index >= 15 is 0 Å². The number of likely N-dealkylation sites (tertiary alicyclic amines) is 1. The molecule has 0 radical (unpaired) electrons. The van der Waals surface area contributed by atoms with E-state index in [0.717, 1.165) is 24.1 Å². The monoisotopic (exact) mass is 364 g/mol. The number of piperidine rings is 1. The van der Waals surface area contributed by atoms with Gasteiger partial charge in [-0.25, -0.2) is 4.79 Å².